The van der Waals surface area contributed by atoms with Crippen molar-refractivity contribution in [2.45, 2.75) is 51.5 Å². The molecule has 0 radical (unpaired) electrons. The van der Waals surface area contributed by atoms with Gasteiger partial charge in [-0.15, -0.1) is 11.8 Å². The van der Waals surface area contributed by atoms with Crippen molar-refractivity contribution < 1.29 is 0 Å². The molecule has 1 fully saturated rings. The summed E-state index contributed by atoms with van der Waals surface area (Å²) < 4.78 is 0. The van der Waals surface area contributed by atoms with Gasteiger partial charge in [-0.3, -0.25) is 0 Å². The third kappa shape index (κ3) is 3.83. The van der Waals surface area contributed by atoms with Gasteiger partial charge in [0.15, 0.2) is 0 Å². The SMILES string of the molecule is CC#CCC1CCCCC(NC)C1. The van der Waals surface area contributed by atoms with Gasteiger partial charge >= 0.3 is 0 Å². The topological polar surface area (TPSA) is 12.0 Å². The van der Waals surface area contributed by atoms with Gasteiger partial charge in [-0.1, -0.05) is 12.8 Å². The van der Waals surface area contributed by atoms with Crippen molar-refractivity contribution in [1.82, 2.24) is 5.32 Å². The van der Waals surface area contributed by atoms with Crippen molar-refractivity contribution in [1.29, 1.82) is 0 Å². The van der Waals surface area contributed by atoms with Gasteiger partial charge < -0.3 is 5.32 Å². The lowest BCUT2D eigenvalue weighted by Gasteiger charge is -2.17. The average molecular weight is 179 g/mol. The number of nitrogens with one attached hydrogen (secondary N) is 1. The normalized spacial score (nSPS) is 28.8. The largest absolute Gasteiger partial charge is 0.317 e. The van der Waals surface area contributed by atoms with Crippen LogP contribution in [0.2, 0.25) is 0 Å². The highest BCUT2D eigenvalue weighted by Crippen LogP contribution is 2.25. The van der Waals surface area contributed by atoms with E-state index in [0.717, 1.165) is 18.4 Å². The Morgan fingerprint density at radius 2 is 2.08 bits per heavy atom. The van der Waals surface area contributed by atoms with Crippen molar-refractivity contribution in [2.75, 3.05) is 7.05 Å². The lowest BCUT2D eigenvalue weighted by Crippen LogP contribution is -2.26. The van der Waals surface area contributed by atoms with E-state index in [4.69, 9.17) is 0 Å². The van der Waals surface area contributed by atoms with E-state index in [-0.39, 0.29) is 0 Å². The van der Waals surface area contributed by atoms with E-state index < -0.39 is 0 Å². The zero-order valence-electron chi connectivity index (χ0n) is 8.90. The van der Waals surface area contributed by atoms with E-state index in [0.29, 0.717) is 0 Å². The molecular formula is C12H21N. The molecule has 2 atom stereocenters. The Hall–Kier alpha value is -0.480. The highest BCUT2D eigenvalue weighted by atomic mass is 14.9. The van der Waals surface area contributed by atoms with E-state index in [1.54, 1.807) is 0 Å². The second kappa shape index (κ2) is 6.05. The minimum absolute atomic E-state index is 0.742. The smallest absolute Gasteiger partial charge is 0.0117 e. The van der Waals surface area contributed by atoms with Crippen LogP contribution in [0.15, 0.2) is 0 Å². The first kappa shape index (κ1) is 10.6. The summed E-state index contributed by atoms with van der Waals surface area (Å²) in [5.41, 5.74) is 0. The van der Waals surface area contributed by atoms with Gasteiger partial charge in [0.1, 0.15) is 0 Å². The lowest BCUT2D eigenvalue weighted by atomic mass is 9.95. The molecule has 1 aliphatic carbocycles. The summed E-state index contributed by atoms with van der Waals surface area (Å²) in [7, 11) is 2.08. The fourth-order valence-corrected chi connectivity index (χ4v) is 2.16. The molecule has 74 valence electrons. The van der Waals surface area contributed by atoms with Gasteiger partial charge in [-0.05, 0) is 39.2 Å². The van der Waals surface area contributed by atoms with Crippen LogP contribution in [0.4, 0.5) is 0 Å². The molecule has 1 N–H and O–H groups in total. The molecule has 0 saturated heterocycles. The van der Waals surface area contributed by atoms with Crippen molar-refractivity contribution in [3.8, 4) is 11.8 Å². The van der Waals surface area contributed by atoms with Gasteiger partial charge in [0.05, 0.1) is 0 Å². The van der Waals surface area contributed by atoms with Crippen LogP contribution in [0, 0.1) is 17.8 Å². The predicted molar refractivity (Wildman–Crippen MR) is 57.5 cm³/mol. The molecule has 2 unspecified atom stereocenters. The fraction of sp³-hybridized carbons (Fsp3) is 0.833. The highest BCUT2D eigenvalue weighted by Gasteiger charge is 2.17. The van der Waals surface area contributed by atoms with Gasteiger partial charge in [-0.2, -0.15) is 0 Å². The van der Waals surface area contributed by atoms with E-state index in [2.05, 4.69) is 24.2 Å². The zero-order valence-corrected chi connectivity index (χ0v) is 8.90. The Morgan fingerprint density at radius 1 is 1.31 bits per heavy atom. The summed E-state index contributed by atoms with van der Waals surface area (Å²) in [6.07, 6.45) is 7.95. The Morgan fingerprint density at radius 3 is 2.77 bits per heavy atom. The average Bonchev–Trinajstić information content (AvgIpc) is 2.39. The first-order chi connectivity index (χ1) is 6.36. The molecule has 13 heavy (non-hydrogen) atoms. The Balaban J connectivity index is 2.37. The van der Waals surface area contributed by atoms with E-state index >= 15 is 0 Å². The quantitative estimate of drug-likeness (QED) is 0.507. The van der Waals surface area contributed by atoms with Gasteiger partial charge in [0.25, 0.3) is 0 Å². The third-order valence-electron chi connectivity index (χ3n) is 3.01. The Kier molecular flexibility index (Phi) is 4.93. The van der Waals surface area contributed by atoms with E-state index in [1.807, 2.05) is 6.92 Å². The van der Waals surface area contributed by atoms with Crippen LogP contribution >= 0.6 is 0 Å². The molecule has 1 nitrogen and oxygen atoms in total. The molecule has 0 aromatic carbocycles. The molecule has 0 aliphatic heterocycles. The number of hydrogen-bond acceptors (Lipinski definition) is 1. The maximum absolute atomic E-state index is 3.40. The maximum atomic E-state index is 3.40. The molecule has 1 rings (SSSR count). The molecule has 0 aromatic heterocycles. The highest BCUT2D eigenvalue weighted by molar-refractivity contribution is 4.97. The summed E-state index contributed by atoms with van der Waals surface area (Å²) in [6, 6.07) is 0.742. The van der Waals surface area contributed by atoms with Crippen molar-refractivity contribution in [3.63, 3.8) is 0 Å². The summed E-state index contributed by atoms with van der Waals surface area (Å²) in [5.74, 6) is 7.05. The third-order valence-corrected chi connectivity index (χ3v) is 3.01. The Bertz CT molecular complexity index is 187. The molecule has 1 heteroatoms. The molecule has 1 saturated carbocycles. The standard InChI is InChI=1S/C12H21N/c1-3-4-7-11-8-5-6-9-12(10-11)13-2/h11-13H,5-10H2,1-2H3. The summed E-state index contributed by atoms with van der Waals surface area (Å²) >= 11 is 0. The summed E-state index contributed by atoms with van der Waals surface area (Å²) in [4.78, 5) is 0. The van der Waals surface area contributed by atoms with Gasteiger partial charge in [0, 0.05) is 12.5 Å². The van der Waals surface area contributed by atoms with Crippen LogP contribution in [0.5, 0.6) is 0 Å². The van der Waals surface area contributed by atoms with Crippen molar-refractivity contribution >= 4 is 0 Å². The lowest BCUT2D eigenvalue weighted by molar-refractivity contribution is 0.409. The predicted octanol–water partition coefficient (Wildman–Crippen LogP) is 2.57. The van der Waals surface area contributed by atoms with E-state index in [1.165, 1.54) is 32.1 Å². The van der Waals surface area contributed by atoms with Crippen LogP contribution in [-0.2, 0) is 0 Å². The number of hydrogen-bond donors (Lipinski definition) is 1. The molecule has 0 amide bonds. The molecular weight excluding hydrogens is 158 g/mol. The van der Waals surface area contributed by atoms with Gasteiger partial charge in [0.2, 0.25) is 0 Å². The van der Waals surface area contributed by atoms with Crippen LogP contribution in [0.1, 0.15) is 45.4 Å². The summed E-state index contributed by atoms with van der Waals surface area (Å²) in [6.45, 7) is 1.94. The first-order valence-electron chi connectivity index (χ1n) is 5.43. The van der Waals surface area contributed by atoms with Crippen LogP contribution in [0.3, 0.4) is 0 Å². The second-order valence-corrected chi connectivity index (χ2v) is 4.00. The molecule has 1 aliphatic rings. The molecule has 0 spiro atoms. The monoisotopic (exact) mass is 179 g/mol. The second-order valence-electron chi connectivity index (χ2n) is 4.00. The van der Waals surface area contributed by atoms with Crippen molar-refractivity contribution in [2.24, 2.45) is 5.92 Å². The summed E-state index contributed by atoms with van der Waals surface area (Å²) in [5, 5.41) is 3.40. The van der Waals surface area contributed by atoms with E-state index in [9.17, 15) is 0 Å². The van der Waals surface area contributed by atoms with Crippen molar-refractivity contribution in [3.05, 3.63) is 0 Å². The first-order valence-corrected chi connectivity index (χ1v) is 5.43. The molecule has 0 bridgehead atoms. The van der Waals surface area contributed by atoms with Crippen LogP contribution in [0.25, 0.3) is 0 Å². The molecule has 0 heterocycles. The van der Waals surface area contributed by atoms with Crippen LogP contribution < -0.4 is 5.32 Å². The Labute approximate surface area is 82.3 Å². The molecule has 0 aromatic rings. The fourth-order valence-electron chi connectivity index (χ4n) is 2.16. The maximum Gasteiger partial charge on any atom is 0.0117 e. The zero-order chi connectivity index (χ0) is 9.52. The van der Waals surface area contributed by atoms with Gasteiger partial charge in [-0.25, -0.2) is 0 Å². The van der Waals surface area contributed by atoms with Crippen LogP contribution in [-0.4, -0.2) is 13.1 Å². The number of rotatable bonds is 2. The minimum Gasteiger partial charge on any atom is -0.317 e. The minimum atomic E-state index is 0.742.